The number of aromatic nitrogens is 2. The standard InChI is InChI=1S/C14H12N4O4S/c1-9-4-2-7-13(18(19)20)14(9)23(21,22)17-12-6-3-5-11-10(12)8-15-16-11/h2-8,17H,1H3,(H,15,16). The van der Waals surface area contributed by atoms with E-state index in [0.29, 0.717) is 22.2 Å². The zero-order valence-corrected chi connectivity index (χ0v) is 12.8. The van der Waals surface area contributed by atoms with Crippen LogP contribution in [0.1, 0.15) is 5.56 Å². The van der Waals surface area contributed by atoms with Crippen molar-refractivity contribution in [2.45, 2.75) is 11.8 Å². The van der Waals surface area contributed by atoms with E-state index < -0.39 is 20.6 Å². The zero-order chi connectivity index (χ0) is 16.6. The monoisotopic (exact) mass is 332 g/mol. The molecule has 1 heterocycles. The van der Waals surface area contributed by atoms with Gasteiger partial charge in [0.2, 0.25) is 0 Å². The Morgan fingerprint density at radius 1 is 1.22 bits per heavy atom. The number of benzene rings is 2. The van der Waals surface area contributed by atoms with Gasteiger partial charge in [-0.05, 0) is 24.6 Å². The highest BCUT2D eigenvalue weighted by atomic mass is 32.2. The van der Waals surface area contributed by atoms with Gasteiger partial charge in [0.05, 0.1) is 22.3 Å². The van der Waals surface area contributed by atoms with E-state index in [4.69, 9.17) is 0 Å². The fourth-order valence-electron chi connectivity index (χ4n) is 2.38. The number of aromatic amines is 1. The summed E-state index contributed by atoms with van der Waals surface area (Å²) in [7, 11) is -4.12. The number of hydrogen-bond donors (Lipinski definition) is 2. The number of nitrogens with one attached hydrogen (secondary N) is 2. The average molecular weight is 332 g/mol. The quantitative estimate of drug-likeness (QED) is 0.562. The molecular weight excluding hydrogens is 320 g/mol. The molecule has 0 aliphatic heterocycles. The lowest BCUT2D eigenvalue weighted by molar-refractivity contribution is -0.387. The highest BCUT2D eigenvalue weighted by molar-refractivity contribution is 7.93. The highest BCUT2D eigenvalue weighted by Crippen LogP contribution is 2.30. The van der Waals surface area contributed by atoms with Gasteiger partial charge in [-0.15, -0.1) is 0 Å². The number of fused-ring (bicyclic) bond motifs is 1. The summed E-state index contributed by atoms with van der Waals surface area (Å²) < 4.78 is 27.7. The van der Waals surface area contributed by atoms with E-state index in [1.807, 2.05) is 0 Å². The second kappa shape index (κ2) is 5.36. The number of nitrogens with zero attached hydrogens (tertiary/aromatic N) is 2. The SMILES string of the molecule is Cc1cccc([N+](=O)[O-])c1S(=O)(=O)Nc1cccc2[nH]ncc12. The number of nitro groups is 1. The van der Waals surface area contributed by atoms with Crippen molar-refractivity contribution in [2.24, 2.45) is 0 Å². The van der Waals surface area contributed by atoms with E-state index >= 15 is 0 Å². The summed E-state index contributed by atoms with van der Waals surface area (Å²) >= 11 is 0. The third-order valence-corrected chi connectivity index (χ3v) is 4.94. The largest absolute Gasteiger partial charge is 0.290 e. The Bertz CT molecular complexity index is 1010. The first-order valence-corrected chi connectivity index (χ1v) is 8.07. The second-order valence-electron chi connectivity index (χ2n) is 4.92. The number of aryl methyl sites for hydroxylation is 1. The molecule has 0 unspecified atom stereocenters. The maximum atomic E-state index is 12.7. The van der Waals surface area contributed by atoms with Crippen LogP contribution in [0.4, 0.5) is 11.4 Å². The molecule has 8 nitrogen and oxygen atoms in total. The maximum absolute atomic E-state index is 12.7. The van der Waals surface area contributed by atoms with E-state index in [2.05, 4.69) is 14.9 Å². The fraction of sp³-hybridized carbons (Fsp3) is 0.0714. The van der Waals surface area contributed by atoms with Crippen molar-refractivity contribution in [3.05, 3.63) is 58.3 Å². The molecule has 0 radical (unpaired) electrons. The van der Waals surface area contributed by atoms with Crippen LogP contribution in [-0.4, -0.2) is 23.5 Å². The molecule has 0 fully saturated rings. The minimum Gasteiger partial charge on any atom is -0.279 e. The van der Waals surface area contributed by atoms with Crippen molar-refractivity contribution >= 4 is 32.3 Å². The molecular formula is C14H12N4O4S. The van der Waals surface area contributed by atoms with Gasteiger partial charge < -0.3 is 0 Å². The first-order chi connectivity index (χ1) is 10.9. The van der Waals surface area contributed by atoms with Crippen molar-refractivity contribution in [3.8, 4) is 0 Å². The van der Waals surface area contributed by atoms with Gasteiger partial charge in [-0.3, -0.25) is 19.9 Å². The lowest BCUT2D eigenvalue weighted by atomic mass is 10.2. The van der Waals surface area contributed by atoms with Crippen molar-refractivity contribution in [2.75, 3.05) is 4.72 Å². The summed E-state index contributed by atoms with van der Waals surface area (Å²) in [5, 5.41) is 18.3. The molecule has 1 aromatic heterocycles. The number of hydrogen-bond acceptors (Lipinski definition) is 5. The summed E-state index contributed by atoms with van der Waals surface area (Å²) in [5.41, 5.74) is 0.793. The Morgan fingerprint density at radius 3 is 2.70 bits per heavy atom. The molecule has 0 spiro atoms. The topological polar surface area (TPSA) is 118 Å². The molecule has 3 rings (SSSR count). The Morgan fingerprint density at radius 2 is 1.96 bits per heavy atom. The maximum Gasteiger partial charge on any atom is 0.290 e. The number of H-pyrrole nitrogens is 1. The summed E-state index contributed by atoms with van der Waals surface area (Å²) in [6, 6.07) is 9.10. The smallest absolute Gasteiger partial charge is 0.279 e. The van der Waals surface area contributed by atoms with Gasteiger partial charge in [-0.2, -0.15) is 5.10 Å². The molecule has 9 heteroatoms. The normalized spacial score (nSPS) is 11.5. The number of anilines is 1. The summed E-state index contributed by atoms with van der Waals surface area (Å²) in [5.74, 6) is 0. The van der Waals surface area contributed by atoms with Crippen LogP contribution in [0, 0.1) is 17.0 Å². The molecule has 0 amide bonds. The third kappa shape index (κ3) is 2.61. The Hall–Kier alpha value is -2.94. The van der Waals surface area contributed by atoms with Crippen LogP contribution in [-0.2, 0) is 10.0 Å². The van der Waals surface area contributed by atoms with Gasteiger partial charge in [0, 0.05) is 11.5 Å². The van der Waals surface area contributed by atoms with Crippen LogP contribution in [0.5, 0.6) is 0 Å². The van der Waals surface area contributed by atoms with E-state index in [1.165, 1.54) is 31.3 Å². The lowest BCUT2D eigenvalue weighted by Gasteiger charge is -2.11. The Labute approximate surface area is 131 Å². The van der Waals surface area contributed by atoms with Gasteiger partial charge in [-0.25, -0.2) is 8.42 Å². The first-order valence-electron chi connectivity index (χ1n) is 6.59. The molecule has 3 aromatic rings. The minimum absolute atomic E-state index is 0.297. The second-order valence-corrected chi connectivity index (χ2v) is 6.54. The van der Waals surface area contributed by atoms with E-state index in [9.17, 15) is 18.5 Å². The first kappa shape index (κ1) is 15.0. The summed E-state index contributed by atoms with van der Waals surface area (Å²) in [6.45, 7) is 1.51. The number of rotatable bonds is 4. The molecule has 0 saturated carbocycles. The fourth-order valence-corrected chi connectivity index (χ4v) is 3.86. The Kier molecular flexibility index (Phi) is 3.49. The molecule has 2 aromatic carbocycles. The molecule has 0 saturated heterocycles. The molecule has 2 N–H and O–H groups in total. The van der Waals surface area contributed by atoms with Gasteiger partial charge in [0.15, 0.2) is 4.90 Å². The highest BCUT2D eigenvalue weighted by Gasteiger charge is 2.28. The molecule has 0 aliphatic rings. The third-order valence-electron chi connectivity index (χ3n) is 3.39. The molecule has 0 aliphatic carbocycles. The summed E-state index contributed by atoms with van der Waals surface area (Å²) in [4.78, 5) is 10.1. The Balaban J connectivity index is 2.14. The van der Waals surface area contributed by atoms with Crippen LogP contribution < -0.4 is 4.72 Å². The molecule has 23 heavy (non-hydrogen) atoms. The minimum atomic E-state index is -4.12. The van der Waals surface area contributed by atoms with Gasteiger partial charge >= 0.3 is 0 Å². The number of nitro benzene ring substituents is 1. The van der Waals surface area contributed by atoms with Crippen LogP contribution in [0.2, 0.25) is 0 Å². The number of sulfonamides is 1. The summed E-state index contributed by atoms with van der Waals surface area (Å²) in [6.07, 6.45) is 1.49. The predicted octanol–water partition coefficient (Wildman–Crippen LogP) is 2.58. The molecule has 0 atom stereocenters. The molecule has 118 valence electrons. The van der Waals surface area contributed by atoms with Gasteiger partial charge in [0.25, 0.3) is 15.7 Å². The van der Waals surface area contributed by atoms with Crippen molar-refractivity contribution in [3.63, 3.8) is 0 Å². The van der Waals surface area contributed by atoms with E-state index in [0.717, 1.165) is 0 Å². The lowest BCUT2D eigenvalue weighted by Crippen LogP contribution is -2.16. The van der Waals surface area contributed by atoms with E-state index in [1.54, 1.807) is 18.2 Å². The van der Waals surface area contributed by atoms with Crippen molar-refractivity contribution in [1.82, 2.24) is 10.2 Å². The average Bonchev–Trinajstić information content (AvgIpc) is 2.96. The van der Waals surface area contributed by atoms with Crippen molar-refractivity contribution < 1.29 is 13.3 Å². The van der Waals surface area contributed by atoms with Crippen LogP contribution in [0.25, 0.3) is 10.9 Å². The molecule has 0 bridgehead atoms. The van der Waals surface area contributed by atoms with Gasteiger partial charge in [0.1, 0.15) is 0 Å². The van der Waals surface area contributed by atoms with Crippen molar-refractivity contribution in [1.29, 1.82) is 0 Å². The van der Waals surface area contributed by atoms with Crippen LogP contribution >= 0.6 is 0 Å². The van der Waals surface area contributed by atoms with E-state index in [-0.39, 0.29) is 4.90 Å². The van der Waals surface area contributed by atoms with Crippen LogP contribution in [0.3, 0.4) is 0 Å². The van der Waals surface area contributed by atoms with Crippen LogP contribution in [0.15, 0.2) is 47.5 Å². The van der Waals surface area contributed by atoms with Gasteiger partial charge in [-0.1, -0.05) is 18.2 Å². The zero-order valence-electron chi connectivity index (χ0n) is 12.0. The predicted molar refractivity (Wildman–Crippen MR) is 84.7 cm³/mol.